The van der Waals surface area contributed by atoms with Gasteiger partial charge in [0.2, 0.25) is 0 Å². The van der Waals surface area contributed by atoms with Gasteiger partial charge in [-0.25, -0.2) is 0 Å². The van der Waals surface area contributed by atoms with Gasteiger partial charge < -0.3 is 4.57 Å². The van der Waals surface area contributed by atoms with Gasteiger partial charge >= 0.3 is 0 Å². The molecule has 0 unspecified atom stereocenters. The molecule has 0 aliphatic carbocycles. The molecule has 0 atom stereocenters. The summed E-state index contributed by atoms with van der Waals surface area (Å²) >= 11 is 3.49. The highest BCUT2D eigenvalue weighted by molar-refractivity contribution is 9.10. The maximum Gasteiger partial charge on any atom is 0.0529 e. The molecule has 3 aromatic rings. The maximum absolute atomic E-state index is 3.49. The van der Waals surface area contributed by atoms with Crippen LogP contribution in [-0.2, 0) is 0 Å². The number of nitrogens with zero attached hydrogens (tertiary/aromatic N) is 1. The molecule has 1 nitrogen and oxygen atoms in total. The van der Waals surface area contributed by atoms with Crippen LogP contribution in [0.15, 0.2) is 65.3 Å². The molecule has 0 N–H and O–H groups in total. The third kappa shape index (κ3) is 2.49. The van der Waals surface area contributed by atoms with Crippen molar-refractivity contribution >= 4 is 26.8 Å². The molecule has 0 aliphatic rings. The van der Waals surface area contributed by atoms with Crippen LogP contribution in [-0.4, -0.2) is 4.57 Å². The molecule has 0 saturated carbocycles. The molecule has 3 rings (SSSR count). The van der Waals surface area contributed by atoms with Crippen molar-refractivity contribution in [3.8, 4) is 5.69 Å². The number of para-hydroxylation sites is 1. The predicted octanol–water partition coefficient (Wildman–Crippen LogP) is 5.42. The van der Waals surface area contributed by atoms with Crippen molar-refractivity contribution in [2.45, 2.75) is 13.8 Å². The minimum absolute atomic E-state index is 1.12. The Labute approximate surface area is 116 Å². The molecule has 92 valence electrons. The number of hydrogen-bond donors (Lipinski definition) is 0. The van der Waals surface area contributed by atoms with E-state index in [1.807, 2.05) is 19.9 Å². The zero-order valence-corrected chi connectivity index (χ0v) is 12.2. The Kier molecular flexibility index (Phi) is 4.21. The monoisotopic (exact) mass is 301 g/mol. The van der Waals surface area contributed by atoms with Gasteiger partial charge in [-0.2, -0.15) is 0 Å². The van der Waals surface area contributed by atoms with Crippen LogP contribution in [0.1, 0.15) is 13.8 Å². The fourth-order valence-electron chi connectivity index (χ4n) is 1.93. The molecular weight excluding hydrogens is 286 g/mol. The summed E-state index contributed by atoms with van der Waals surface area (Å²) in [5.74, 6) is 0. The smallest absolute Gasteiger partial charge is 0.0529 e. The topological polar surface area (TPSA) is 4.93 Å². The SMILES string of the molecule is Brc1ccc2c(ccn2-c2ccccc2)c1.CC. The Hall–Kier alpha value is -1.54. The van der Waals surface area contributed by atoms with Gasteiger partial charge in [-0.05, 0) is 36.4 Å². The van der Waals surface area contributed by atoms with E-state index in [1.54, 1.807) is 0 Å². The van der Waals surface area contributed by atoms with Crippen molar-refractivity contribution in [1.29, 1.82) is 0 Å². The quantitative estimate of drug-likeness (QED) is 0.565. The molecule has 1 aromatic heterocycles. The van der Waals surface area contributed by atoms with E-state index in [-0.39, 0.29) is 0 Å². The summed E-state index contributed by atoms with van der Waals surface area (Å²) in [5, 5.41) is 1.25. The van der Waals surface area contributed by atoms with Crippen molar-refractivity contribution in [3.63, 3.8) is 0 Å². The molecule has 0 fully saturated rings. The summed E-state index contributed by atoms with van der Waals surface area (Å²) < 4.78 is 3.31. The zero-order valence-electron chi connectivity index (χ0n) is 10.6. The summed E-state index contributed by atoms with van der Waals surface area (Å²) in [4.78, 5) is 0. The fourth-order valence-corrected chi connectivity index (χ4v) is 2.31. The molecule has 0 bridgehead atoms. The minimum atomic E-state index is 1.12. The van der Waals surface area contributed by atoms with Crippen molar-refractivity contribution in [2.24, 2.45) is 0 Å². The van der Waals surface area contributed by atoms with Crippen LogP contribution >= 0.6 is 15.9 Å². The number of aromatic nitrogens is 1. The summed E-state index contributed by atoms with van der Waals surface area (Å²) in [6, 6.07) is 18.8. The Bertz CT molecular complexity index is 626. The number of benzene rings is 2. The second-order valence-electron chi connectivity index (χ2n) is 3.72. The molecule has 0 aliphatic heterocycles. The first-order valence-corrected chi connectivity index (χ1v) is 6.96. The van der Waals surface area contributed by atoms with E-state index < -0.39 is 0 Å². The lowest BCUT2D eigenvalue weighted by molar-refractivity contribution is 1.13. The number of hydrogen-bond acceptors (Lipinski definition) is 0. The van der Waals surface area contributed by atoms with E-state index in [0.717, 1.165) is 4.47 Å². The molecule has 1 heterocycles. The highest BCUT2D eigenvalue weighted by Crippen LogP contribution is 2.23. The average molecular weight is 302 g/mol. The second kappa shape index (κ2) is 5.87. The van der Waals surface area contributed by atoms with Crippen molar-refractivity contribution in [2.75, 3.05) is 0 Å². The van der Waals surface area contributed by atoms with Crippen LogP contribution < -0.4 is 0 Å². The van der Waals surface area contributed by atoms with Gasteiger partial charge in [0, 0.05) is 21.7 Å². The van der Waals surface area contributed by atoms with E-state index in [9.17, 15) is 0 Å². The molecule has 0 saturated heterocycles. The van der Waals surface area contributed by atoms with Crippen molar-refractivity contribution in [1.82, 2.24) is 4.57 Å². The van der Waals surface area contributed by atoms with Gasteiger partial charge in [0.25, 0.3) is 0 Å². The lowest BCUT2D eigenvalue weighted by atomic mass is 10.2. The molecule has 0 amide bonds. The van der Waals surface area contributed by atoms with Crippen LogP contribution in [0.5, 0.6) is 0 Å². The van der Waals surface area contributed by atoms with E-state index in [2.05, 4.69) is 75.2 Å². The Morgan fingerprint density at radius 2 is 1.61 bits per heavy atom. The number of halogens is 1. The first kappa shape index (κ1) is 12.9. The van der Waals surface area contributed by atoms with E-state index in [0.29, 0.717) is 0 Å². The Morgan fingerprint density at radius 1 is 0.889 bits per heavy atom. The lowest BCUT2D eigenvalue weighted by Crippen LogP contribution is -1.90. The maximum atomic E-state index is 3.49. The number of fused-ring (bicyclic) bond motifs is 1. The normalized spacial score (nSPS) is 9.94. The highest BCUT2D eigenvalue weighted by atomic mass is 79.9. The largest absolute Gasteiger partial charge is 0.317 e. The van der Waals surface area contributed by atoms with Crippen LogP contribution in [0.4, 0.5) is 0 Å². The zero-order chi connectivity index (χ0) is 13.0. The predicted molar refractivity (Wildman–Crippen MR) is 82.3 cm³/mol. The second-order valence-corrected chi connectivity index (χ2v) is 4.64. The van der Waals surface area contributed by atoms with Gasteiger partial charge in [-0.3, -0.25) is 0 Å². The average Bonchev–Trinajstić information content (AvgIpc) is 2.85. The van der Waals surface area contributed by atoms with Crippen molar-refractivity contribution in [3.05, 3.63) is 65.3 Å². The molecule has 18 heavy (non-hydrogen) atoms. The summed E-state index contributed by atoms with van der Waals surface area (Å²) in [7, 11) is 0. The fraction of sp³-hybridized carbons (Fsp3) is 0.125. The summed E-state index contributed by atoms with van der Waals surface area (Å²) in [5.41, 5.74) is 2.43. The highest BCUT2D eigenvalue weighted by Gasteiger charge is 2.02. The molecule has 0 spiro atoms. The van der Waals surface area contributed by atoms with E-state index in [1.165, 1.54) is 16.6 Å². The van der Waals surface area contributed by atoms with Gasteiger partial charge in [0.15, 0.2) is 0 Å². The van der Waals surface area contributed by atoms with Gasteiger partial charge in [-0.15, -0.1) is 0 Å². The van der Waals surface area contributed by atoms with Crippen LogP contribution in [0.3, 0.4) is 0 Å². The third-order valence-corrected chi connectivity index (χ3v) is 3.18. The van der Waals surface area contributed by atoms with E-state index >= 15 is 0 Å². The Balaban J connectivity index is 0.000000574. The summed E-state index contributed by atoms with van der Waals surface area (Å²) in [6.45, 7) is 4.00. The first-order valence-electron chi connectivity index (χ1n) is 6.17. The van der Waals surface area contributed by atoms with Crippen LogP contribution in [0.2, 0.25) is 0 Å². The molecular formula is C16H16BrN. The Morgan fingerprint density at radius 3 is 2.33 bits per heavy atom. The number of rotatable bonds is 1. The van der Waals surface area contributed by atoms with Gasteiger partial charge in [0.05, 0.1) is 5.52 Å². The van der Waals surface area contributed by atoms with E-state index in [4.69, 9.17) is 0 Å². The standard InChI is InChI=1S/C14H10BrN.C2H6/c15-12-6-7-14-11(10-12)8-9-16(14)13-4-2-1-3-5-13;1-2/h1-10H;1-2H3. The van der Waals surface area contributed by atoms with Crippen molar-refractivity contribution < 1.29 is 0 Å². The minimum Gasteiger partial charge on any atom is -0.317 e. The molecule has 2 heteroatoms. The molecule has 0 radical (unpaired) electrons. The van der Waals surface area contributed by atoms with Gasteiger partial charge in [0.1, 0.15) is 0 Å². The lowest BCUT2D eigenvalue weighted by Gasteiger charge is -2.04. The summed E-state index contributed by atoms with van der Waals surface area (Å²) in [6.07, 6.45) is 2.10. The molecule has 2 aromatic carbocycles. The third-order valence-electron chi connectivity index (χ3n) is 2.69. The van der Waals surface area contributed by atoms with Gasteiger partial charge in [-0.1, -0.05) is 48.0 Å². The van der Waals surface area contributed by atoms with Crippen LogP contribution in [0.25, 0.3) is 16.6 Å². The first-order chi connectivity index (χ1) is 8.84. The van der Waals surface area contributed by atoms with Crippen LogP contribution in [0, 0.1) is 0 Å².